The fraction of sp³-hybridized carbons (Fsp3) is 0. The maximum atomic E-state index is 12.3. The molecule has 0 radical (unpaired) electrons. The third-order valence-corrected chi connectivity index (χ3v) is 5.67. The van der Waals surface area contributed by atoms with E-state index in [4.69, 9.17) is 0 Å². The summed E-state index contributed by atoms with van der Waals surface area (Å²) in [6, 6.07) is 15.7. The second-order valence-corrected chi connectivity index (χ2v) is 8.40. The Kier molecular flexibility index (Phi) is 5.86. The molecular formula is C19H14BrN3O4S. The van der Waals surface area contributed by atoms with E-state index in [9.17, 15) is 18.5 Å². The molecule has 0 amide bonds. The minimum atomic E-state index is -3.61. The topological polar surface area (TPSA) is 102 Å². The van der Waals surface area contributed by atoms with Crippen LogP contribution in [0.2, 0.25) is 0 Å². The highest BCUT2D eigenvalue weighted by Crippen LogP contribution is 2.31. The minimum absolute atomic E-state index is 0.0915. The van der Waals surface area contributed by atoms with Crippen molar-refractivity contribution in [3.8, 4) is 11.3 Å². The van der Waals surface area contributed by atoms with Crippen molar-refractivity contribution in [3.05, 3.63) is 93.1 Å². The molecule has 142 valence electrons. The van der Waals surface area contributed by atoms with Crippen LogP contribution in [0.15, 0.2) is 87.8 Å². The van der Waals surface area contributed by atoms with Crippen LogP contribution in [0.4, 0.5) is 11.4 Å². The molecule has 2 aromatic carbocycles. The monoisotopic (exact) mass is 459 g/mol. The summed E-state index contributed by atoms with van der Waals surface area (Å²) in [5, 5.41) is 15.0. The molecule has 1 N–H and O–H groups in total. The van der Waals surface area contributed by atoms with Crippen LogP contribution in [0.1, 0.15) is 0 Å². The summed E-state index contributed by atoms with van der Waals surface area (Å²) in [7, 11) is -3.61. The first kappa shape index (κ1) is 19.7. The van der Waals surface area contributed by atoms with Crippen LogP contribution in [0, 0.1) is 10.1 Å². The maximum Gasteiger partial charge on any atom is 0.270 e. The Bertz CT molecular complexity index is 1130. The zero-order valence-electron chi connectivity index (χ0n) is 14.3. The molecule has 1 heterocycles. The lowest BCUT2D eigenvalue weighted by Gasteiger charge is -2.09. The van der Waals surface area contributed by atoms with Crippen molar-refractivity contribution in [1.82, 2.24) is 4.98 Å². The molecule has 0 atom stereocenters. The first-order valence-electron chi connectivity index (χ1n) is 8.00. The van der Waals surface area contributed by atoms with E-state index in [0.29, 0.717) is 16.9 Å². The lowest BCUT2D eigenvalue weighted by Crippen LogP contribution is -1.99. The van der Waals surface area contributed by atoms with Crippen molar-refractivity contribution in [2.75, 3.05) is 5.32 Å². The summed E-state index contributed by atoms with van der Waals surface area (Å²) < 4.78 is 25.4. The third kappa shape index (κ3) is 4.62. The quantitative estimate of drug-likeness (QED) is 0.420. The first-order valence-corrected chi connectivity index (χ1v) is 10.3. The highest BCUT2D eigenvalue weighted by molar-refractivity contribution is 9.10. The van der Waals surface area contributed by atoms with Gasteiger partial charge in [0.2, 0.25) is 9.84 Å². The fourth-order valence-corrected chi connectivity index (χ4v) is 3.60. The van der Waals surface area contributed by atoms with Gasteiger partial charge in [0.1, 0.15) is 0 Å². The summed E-state index contributed by atoms with van der Waals surface area (Å²) in [5.74, 6) is 0. The van der Waals surface area contributed by atoms with Gasteiger partial charge in [0.15, 0.2) is 0 Å². The molecule has 0 saturated carbocycles. The van der Waals surface area contributed by atoms with E-state index in [-0.39, 0.29) is 10.6 Å². The number of rotatable bonds is 6. The molecule has 3 aromatic rings. The number of pyridine rings is 1. The van der Waals surface area contributed by atoms with Gasteiger partial charge >= 0.3 is 0 Å². The zero-order chi connectivity index (χ0) is 20.1. The van der Waals surface area contributed by atoms with Crippen molar-refractivity contribution in [2.45, 2.75) is 4.90 Å². The molecule has 28 heavy (non-hydrogen) atoms. The molecule has 0 aliphatic carbocycles. The second kappa shape index (κ2) is 8.32. The van der Waals surface area contributed by atoms with Crippen molar-refractivity contribution in [1.29, 1.82) is 0 Å². The molecule has 0 aliphatic rings. The predicted molar refractivity (Wildman–Crippen MR) is 110 cm³/mol. The average Bonchev–Trinajstić information content (AvgIpc) is 2.69. The SMILES string of the molecule is O=[N+]([O-])c1ccc(N/C=C/S(=O)(=O)c2ccccc2)c(-c2ccc(Br)cn2)c1. The lowest BCUT2D eigenvalue weighted by molar-refractivity contribution is -0.384. The molecule has 9 heteroatoms. The Morgan fingerprint density at radius 2 is 1.82 bits per heavy atom. The number of sulfone groups is 1. The fourth-order valence-electron chi connectivity index (χ4n) is 2.42. The summed E-state index contributed by atoms with van der Waals surface area (Å²) in [4.78, 5) is 15.1. The van der Waals surface area contributed by atoms with Crippen molar-refractivity contribution in [2.24, 2.45) is 0 Å². The third-order valence-electron chi connectivity index (χ3n) is 3.78. The molecular weight excluding hydrogens is 446 g/mol. The van der Waals surface area contributed by atoms with E-state index in [1.54, 1.807) is 36.5 Å². The van der Waals surface area contributed by atoms with Crippen LogP contribution in [-0.2, 0) is 9.84 Å². The number of halogens is 1. The number of benzene rings is 2. The number of non-ortho nitro benzene ring substituents is 1. The smallest absolute Gasteiger partial charge is 0.270 e. The minimum Gasteiger partial charge on any atom is -0.360 e. The van der Waals surface area contributed by atoms with Gasteiger partial charge in [-0.15, -0.1) is 0 Å². The largest absolute Gasteiger partial charge is 0.360 e. The second-order valence-electron chi connectivity index (χ2n) is 5.65. The van der Waals surface area contributed by atoms with E-state index >= 15 is 0 Å². The average molecular weight is 460 g/mol. The van der Waals surface area contributed by atoms with Gasteiger partial charge in [-0.2, -0.15) is 0 Å². The molecule has 3 rings (SSSR count). The van der Waals surface area contributed by atoms with Crippen LogP contribution in [0.3, 0.4) is 0 Å². The van der Waals surface area contributed by atoms with Crippen LogP contribution in [-0.4, -0.2) is 18.3 Å². The number of aromatic nitrogens is 1. The number of nitro benzene ring substituents is 1. The number of hydrogen-bond donors (Lipinski definition) is 1. The van der Waals surface area contributed by atoms with Crippen molar-refractivity contribution < 1.29 is 13.3 Å². The van der Waals surface area contributed by atoms with Crippen LogP contribution in [0.5, 0.6) is 0 Å². The molecule has 0 saturated heterocycles. The molecule has 0 spiro atoms. The van der Waals surface area contributed by atoms with Gasteiger partial charge in [0.25, 0.3) is 5.69 Å². The Labute approximate surface area is 170 Å². The molecule has 0 unspecified atom stereocenters. The highest BCUT2D eigenvalue weighted by atomic mass is 79.9. The Morgan fingerprint density at radius 1 is 1.07 bits per heavy atom. The van der Waals surface area contributed by atoms with Gasteiger partial charge in [0, 0.05) is 40.3 Å². The van der Waals surface area contributed by atoms with Gasteiger partial charge in [0.05, 0.1) is 20.9 Å². The Hall–Kier alpha value is -3.04. The molecule has 0 aliphatic heterocycles. The molecule has 0 fully saturated rings. The highest BCUT2D eigenvalue weighted by Gasteiger charge is 2.14. The summed E-state index contributed by atoms with van der Waals surface area (Å²) in [5.41, 5.74) is 1.38. The molecule has 0 bridgehead atoms. The van der Waals surface area contributed by atoms with E-state index in [1.165, 1.54) is 36.5 Å². The Balaban J connectivity index is 1.93. The molecule has 7 nitrogen and oxygen atoms in total. The van der Waals surface area contributed by atoms with Gasteiger partial charge in [-0.25, -0.2) is 8.42 Å². The van der Waals surface area contributed by atoms with Crippen molar-refractivity contribution in [3.63, 3.8) is 0 Å². The predicted octanol–water partition coefficient (Wildman–Crippen LogP) is 4.78. The van der Waals surface area contributed by atoms with E-state index in [1.807, 2.05) is 0 Å². The molecule has 1 aromatic heterocycles. The number of hydrogen-bond acceptors (Lipinski definition) is 6. The van der Waals surface area contributed by atoms with Gasteiger partial charge in [-0.3, -0.25) is 15.1 Å². The van der Waals surface area contributed by atoms with Gasteiger partial charge in [-0.05, 0) is 46.3 Å². The number of anilines is 1. The van der Waals surface area contributed by atoms with Crippen LogP contribution >= 0.6 is 15.9 Å². The van der Waals surface area contributed by atoms with E-state index in [2.05, 4.69) is 26.2 Å². The normalized spacial score (nSPS) is 11.5. The van der Waals surface area contributed by atoms with E-state index in [0.717, 1.165) is 9.88 Å². The maximum absolute atomic E-state index is 12.3. The van der Waals surface area contributed by atoms with Gasteiger partial charge < -0.3 is 5.32 Å². The Morgan fingerprint density at radius 3 is 2.46 bits per heavy atom. The summed E-state index contributed by atoms with van der Waals surface area (Å²) in [6.45, 7) is 0. The lowest BCUT2D eigenvalue weighted by atomic mass is 10.1. The standard InChI is InChI=1S/C19H14BrN3O4S/c20-14-6-8-19(22-13-14)17-12-15(23(24)25)7-9-18(17)21-10-11-28(26,27)16-4-2-1-3-5-16/h1-13,21H/b11-10+. The van der Waals surface area contributed by atoms with Crippen molar-refractivity contribution >= 4 is 37.1 Å². The van der Waals surface area contributed by atoms with Gasteiger partial charge in [-0.1, -0.05) is 18.2 Å². The van der Waals surface area contributed by atoms with E-state index < -0.39 is 14.8 Å². The summed E-state index contributed by atoms with van der Waals surface area (Å²) >= 11 is 3.30. The first-order chi connectivity index (χ1) is 13.4. The van der Waals surface area contributed by atoms with Crippen LogP contribution < -0.4 is 5.32 Å². The summed E-state index contributed by atoms with van der Waals surface area (Å²) in [6.07, 6.45) is 2.86. The number of nitrogens with zero attached hydrogens (tertiary/aromatic N) is 2. The van der Waals surface area contributed by atoms with Crippen LogP contribution in [0.25, 0.3) is 11.3 Å². The zero-order valence-corrected chi connectivity index (χ0v) is 16.7. The number of nitrogens with one attached hydrogen (secondary N) is 1. The number of nitro groups is 1.